The van der Waals surface area contributed by atoms with Crippen LogP contribution in [-0.2, 0) is 4.79 Å². The number of aryl methyl sites for hydroxylation is 2. The zero-order valence-electron chi connectivity index (χ0n) is 11.3. The van der Waals surface area contributed by atoms with Gasteiger partial charge < -0.3 is 10.4 Å². The van der Waals surface area contributed by atoms with Crippen LogP contribution in [0.1, 0.15) is 24.0 Å². The third kappa shape index (κ3) is 2.14. The van der Waals surface area contributed by atoms with Crippen LogP contribution in [-0.4, -0.2) is 11.0 Å². The van der Waals surface area contributed by atoms with Crippen molar-refractivity contribution in [3.8, 4) is 5.75 Å². The molecule has 1 aromatic rings. The fourth-order valence-electron chi connectivity index (χ4n) is 3.24. The van der Waals surface area contributed by atoms with Gasteiger partial charge in [-0.15, -0.1) is 0 Å². The van der Waals surface area contributed by atoms with Crippen LogP contribution in [0.15, 0.2) is 24.3 Å². The molecule has 1 aromatic carbocycles. The van der Waals surface area contributed by atoms with Gasteiger partial charge in [0.2, 0.25) is 5.91 Å². The summed E-state index contributed by atoms with van der Waals surface area (Å²) >= 11 is 0. The van der Waals surface area contributed by atoms with Crippen molar-refractivity contribution in [2.45, 2.75) is 26.7 Å². The summed E-state index contributed by atoms with van der Waals surface area (Å²) in [5, 5.41) is 12.7. The van der Waals surface area contributed by atoms with E-state index in [4.69, 9.17) is 0 Å². The van der Waals surface area contributed by atoms with Crippen molar-refractivity contribution in [1.82, 2.24) is 0 Å². The Bertz CT molecular complexity index is 562. The highest BCUT2D eigenvalue weighted by Gasteiger charge is 2.39. The molecule has 2 bridgehead atoms. The first kappa shape index (κ1) is 12.3. The molecular weight excluding hydrogens is 238 g/mol. The number of carbonyl (C=O) groups is 1. The van der Waals surface area contributed by atoms with E-state index >= 15 is 0 Å². The SMILES string of the molecule is Cc1cc(NC(=O)C2CC3C=CC2C3)c(C)cc1O. The maximum absolute atomic E-state index is 12.3. The Morgan fingerprint density at radius 3 is 2.63 bits per heavy atom. The Labute approximate surface area is 113 Å². The molecule has 3 atom stereocenters. The summed E-state index contributed by atoms with van der Waals surface area (Å²) in [6.45, 7) is 3.74. The minimum Gasteiger partial charge on any atom is -0.508 e. The largest absolute Gasteiger partial charge is 0.508 e. The molecule has 0 heterocycles. The van der Waals surface area contributed by atoms with Crippen LogP contribution in [0.25, 0.3) is 0 Å². The lowest BCUT2D eigenvalue weighted by molar-refractivity contribution is -0.120. The third-order valence-electron chi connectivity index (χ3n) is 4.42. The maximum atomic E-state index is 12.3. The standard InChI is InChI=1S/C16H19NO2/c1-9-6-15(18)10(2)5-14(9)17-16(19)13-8-11-3-4-12(13)7-11/h3-6,11-13,18H,7-8H2,1-2H3,(H,17,19). The fraction of sp³-hybridized carbons (Fsp3) is 0.438. The quantitative estimate of drug-likeness (QED) is 0.631. The van der Waals surface area contributed by atoms with Crippen LogP contribution in [0, 0.1) is 31.6 Å². The Kier molecular flexibility index (Phi) is 2.85. The van der Waals surface area contributed by atoms with Gasteiger partial charge in [0.25, 0.3) is 0 Å². The number of carbonyl (C=O) groups excluding carboxylic acids is 1. The van der Waals surface area contributed by atoms with E-state index in [0.29, 0.717) is 11.8 Å². The zero-order valence-corrected chi connectivity index (χ0v) is 11.3. The van der Waals surface area contributed by atoms with Gasteiger partial charge in [-0.1, -0.05) is 12.2 Å². The van der Waals surface area contributed by atoms with E-state index in [1.54, 1.807) is 6.07 Å². The molecule has 2 N–H and O–H groups in total. The number of allylic oxidation sites excluding steroid dienone is 2. The van der Waals surface area contributed by atoms with E-state index in [9.17, 15) is 9.90 Å². The van der Waals surface area contributed by atoms with Gasteiger partial charge in [0.1, 0.15) is 5.75 Å². The van der Waals surface area contributed by atoms with Gasteiger partial charge in [0, 0.05) is 11.6 Å². The van der Waals surface area contributed by atoms with E-state index in [1.807, 2.05) is 19.9 Å². The Balaban J connectivity index is 1.77. The number of nitrogens with one attached hydrogen (secondary N) is 1. The van der Waals surface area contributed by atoms with Crippen molar-refractivity contribution in [2.24, 2.45) is 17.8 Å². The molecule has 2 aliphatic rings. The number of rotatable bonds is 2. The lowest BCUT2D eigenvalue weighted by Crippen LogP contribution is -2.26. The number of fused-ring (bicyclic) bond motifs is 2. The van der Waals surface area contributed by atoms with Gasteiger partial charge in [-0.3, -0.25) is 4.79 Å². The van der Waals surface area contributed by atoms with Crippen LogP contribution in [0.3, 0.4) is 0 Å². The second kappa shape index (κ2) is 4.41. The number of amides is 1. The Hall–Kier alpha value is -1.77. The topological polar surface area (TPSA) is 49.3 Å². The van der Waals surface area contributed by atoms with Gasteiger partial charge in [0.15, 0.2) is 0 Å². The first-order valence-electron chi connectivity index (χ1n) is 6.84. The number of benzene rings is 1. The highest BCUT2D eigenvalue weighted by atomic mass is 16.3. The molecule has 1 saturated carbocycles. The van der Waals surface area contributed by atoms with Crippen molar-refractivity contribution in [1.29, 1.82) is 0 Å². The molecule has 0 spiro atoms. The van der Waals surface area contributed by atoms with Gasteiger partial charge in [0.05, 0.1) is 0 Å². The average molecular weight is 257 g/mol. The molecule has 1 amide bonds. The summed E-state index contributed by atoms with van der Waals surface area (Å²) < 4.78 is 0. The number of phenolic OH excluding ortho intramolecular Hbond substituents is 1. The summed E-state index contributed by atoms with van der Waals surface area (Å²) in [5.41, 5.74) is 2.50. The third-order valence-corrected chi connectivity index (χ3v) is 4.42. The molecule has 19 heavy (non-hydrogen) atoms. The first-order valence-corrected chi connectivity index (χ1v) is 6.84. The number of aromatic hydroxyl groups is 1. The van der Waals surface area contributed by atoms with Crippen LogP contribution in [0.2, 0.25) is 0 Å². The molecule has 0 radical (unpaired) electrons. The van der Waals surface area contributed by atoms with Crippen molar-refractivity contribution in [3.05, 3.63) is 35.4 Å². The Morgan fingerprint density at radius 2 is 2.00 bits per heavy atom. The molecule has 0 saturated heterocycles. The maximum Gasteiger partial charge on any atom is 0.228 e. The van der Waals surface area contributed by atoms with E-state index in [0.717, 1.165) is 29.7 Å². The predicted molar refractivity (Wildman–Crippen MR) is 75.1 cm³/mol. The number of hydrogen-bond acceptors (Lipinski definition) is 2. The summed E-state index contributed by atoms with van der Waals surface area (Å²) in [6, 6.07) is 3.54. The summed E-state index contributed by atoms with van der Waals surface area (Å²) in [5.74, 6) is 1.53. The fourth-order valence-corrected chi connectivity index (χ4v) is 3.24. The summed E-state index contributed by atoms with van der Waals surface area (Å²) in [4.78, 5) is 12.3. The second-order valence-corrected chi connectivity index (χ2v) is 5.83. The van der Waals surface area contributed by atoms with Gasteiger partial charge >= 0.3 is 0 Å². The highest BCUT2D eigenvalue weighted by Crippen LogP contribution is 2.43. The Morgan fingerprint density at radius 1 is 1.21 bits per heavy atom. The molecule has 0 aromatic heterocycles. The van der Waals surface area contributed by atoms with Crippen LogP contribution >= 0.6 is 0 Å². The lowest BCUT2D eigenvalue weighted by atomic mass is 9.92. The van der Waals surface area contributed by atoms with E-state index in [2.05, 4.69) is 17.5 Å². The highest BCUT2D eigenvalue weighted by molar-refractivity contribution is 5.94. The molecule has 3 nitrogen and oxygen atoms in total. The van der Waals surface area contributed by atoms with E-state index in [1.165, 1.54) is 0 Å². The van der Waals surface area contributed by atoms with Gasteiger partial charge in [-0.2, -0.15) is 0 Å². The minimum absolute atomic E-state index is 0.114. The minimum atomic E-state index is 0.114. The molecular formula is C16H19NO2. The molecule has 100 valence electrons. The summed E-state index contributed by atoms with van der Waals surface area (Å²) in [7, 11) is 0. The molecule has 3 rings (SSSR count). The van der Waals surface area contributed by atoms with E-state index < -0.39 is 0 Å². The normalized spacial score (nSPS) is 27.8. The lowest BCUT2D eigenvalue weighted by Gasteiger charge is -2.19. The molecule has 3 unspecified atom stereocenters. The van der Waals surface area contributed by atoms with Crippen LogP contribution < -0.4 is 5.32 Å². The van der Waals surface area contributed by atoms with Crippen molar-refractivity contribution < 1.29 is 9.90 Å². The summed E-state index contributed by atoms with van der Waals surface area (Å²) in [6.07, 6.45) is 6.53. The molecule has 3 heteroatoms. The number of anilines is 1. The molecule has 0 aliphatic heterocycles. The molecule has 2 aliphatic carbocycles. The van der Waals surface area contributed by atoms with Crippen molar-refractivity contribution in [3.63, 3.8) is 0 Å². The van der Waals surface area contributed by atoms with Gasteiger partial charge in [-0.25, -0.2) is 0 Å². The van der Waals surface area contributed by atoms with E-state index in [-0.39, 0.29) is 17.6 Å². The number of phenols is 1. The first-order chi connectivity index (χ1) is 9.04. The zero-order chi connectivity index (χ0) is 13.6. The molecule has 1 fully saturated rings. The van der Waals surface area contributed by atoms with Crippen LogP contribution in [0.4, 0.5) is 5.69 Å². The van der Waals surface area contributed by atoms with Crippen molar-refractivity contribution >= 4 is 11.6 Å². The van der Waals surface area contributed by atoms with Gasteiger partial charge in [-0.05, 0) is 61.8 Å². The van der Waals surface area contributed by atoms with Crippen molar-refractivity contribution in [2.75, 3.05) is 5.32 Å². The smallest absolute Gasteiger partial charge is 0.228 e. The van der Waals surface area contributed by atoms with Crippen LogP contribution in [0.5, 0.6) is 5.75 Å². The monoisotopic (exact) mass is 257 g/mol. The average Bonchev–Trinajstić information content (AvgIpc) is 2.98. The number of hydrogen-bond donors (Lipinski definition) is 2. The predicted octanol–water partition coefficient (Wildman–Crippen LogP) is 3.16. The second-order valence-electron chi connectivity index (χ2n) is 5.83.